The fraction of sp³-hybridized carbons (Fsp3) is 0.400. The van der Waals surface area contributed by atoms with Crippen LogP contribution in [0.25, 0.3) is 16.7 Å². The van der Waals surface area contributed by atoms with Gasteiger partial charge in [0.25, 0.3) is 5.56 Å². The molecule has 1 amide bonds. The van der Waals surface area contributed by atoms with E-state index in [9.17, 15) is 9.59 Å². The van der Waals surface area contributed by atoms with Crippen LogP contribution in [-0.2, 0) is 9.53 Å². The molecule has 2 unspecified atom stereocenters. The van der Waals surface area contributed by atoms with Gasteiger partial charge >= 0.3 is 0 Å². The molecule has 0 saturated carbocycles. The molecule has 1 aliphatic heterocycles. The third kappa shape index (κ3) is 3.79. The second-order valence-electron chi connectivity index (χ2n) is 7.30. The zero-order valence-electron chi connectivity index (χ0n) is 16.6. The second-order valence-corrected chi connectivity index (χ2v) is 8.28. The molecule has 3 aromatic rings. The van der Waals surface area contributed by atoms with Crippen molar-refractivity contribution in [2.75, 3.05) is 19.5 Å². The zero-order chi connectivity index (χ0) is 20.5. The van der Waals surface area contributed by atoms with Crippen molar-refractivity contribution in [1.82, 2.24) is 24.6 Å². The molecule has 1 aromatic carbocycles. The quantitative estimate of drug-likeness (QED) is 0.622. The van der Waals surface area contributed by atoms with Gasteiger partial charge in [0.2, 0.25) is 5.91 Å². The molecule has 2 aromatic heterocycles. The summed E-state index contributed by atoms with van der Waals surface area (Å²) in [6.45, 7) is 4.34. The molecule has 0 bridgehead atoms. The number of hydrogen-bond acceptors (Lipinski definition) is 6. The SMILES string of the molecule is COCC(C)NC(=O)CC1CSc2nc3c(cnn3-c3cccc(C)c3)c(=O)n21. The lowest BCUT2D eigenvalue weighted by atomic mass is 10.2. The monoisotopic (exact) mass is 413 g/mol. The van der Waals surface area contributed by atoms with Crippen LogP contribution in [0.4, 0.5) is 0 Å². The Morgan fingerprint density at radius 2 is 2.28 bits per heavy atom. The molecule has 0 fully saturated rings. The van der Waals surface area contributed by atoms with Crippen LogP contribution in [-0.4, -0.2) is 50.8 Å². The van der Waals surface area contributed by atoms with Crippen molar-refractivity contribution in [3.8, 4) is 5.69 Å². The molecule has 1 aliphatic rings. The first kappa shape index (κ1) is 19.7. The van der Waals surface area contributed by atoms with Crippen LogP contribution in [0.1, 0.15) is 24.9 Å². The lowest BCUT2D eigenvalue weighted by Gasteiger charge is -2.16. The second kappa shape index (κ2) is 8.00. The van der Waals surface area contributed by atoms with Crippen LogP contribution in [0.15, 0.2) is 40.4 Å². The minimum absolute atomic E-state index is 0.0779. The normalized spacial score (nSPS) is 16.7. The highest BCUT2D eigenvalue weighted by atomic mass is 32.2. The molecule has 152 valence electrons. The number of hydrogen-bond donors (Lipinski definition) is 1. The highest BCUT2D eigenvalue weighted by Gasteiger charge is 2.29. The summed E-state index contributed by atoms with van der Waals surface area (Å²) in [5.74, 6) is 0.536. The van der Waals surface area contributed by atoms with E-state index in [4.69, 9.17) is 9.72 Å². The molecule has 4 rings (SSSR count). The molecule has 29 heavy (non-hydrogen) atoms. The number of aryl methyl sites for hydroxylation is 1. The number of thioether (sulfide) groups is 1. The van der Waals surface area contributed by atoms with E-state index < -0.39 is 0 Å². The minimum Gasteiger partial charge on any atom is -0.383 e. The molecular weight excluding hydrogens is 390 g/mol. The Bertz CT molecular complexity index is 1120. The van der Waals surface area contributed by atoms with E-state index in [0.717, 1.165) is 11.3 Å². The maximum Gasteiger partial charge on any atom is 0.265 e. The van der Waals surface area contributed by atoms with Gasteiger partial charge < -0.3 is 10.1 Å². The van der Waals surface area contributed by atoms with Crippen molar-refractivity contribution < 1.29 is 9.53 Å². The fourth-order valence-corrected chi connectivity index (χ4v) is 4.70. The summed E-state index contributed by atoms with van der Waals surface area (Å²) in [6.07, 6.45) is 1.79. The van der Waals surface area contributed by atoms with Gasteiger partial charge in [-0.05, 0) is 31.5 Å². The average molecular weight is 414 g/mol. The first-order chi connectivity index (χ1) is 14.0. The summed E-state index contributed by atoms with van der Waals surface area (Å²) < 4.78 is 8.38. The topological polar surface area (TPSA) is 91.0 Å². The molecule has 1 N–H and O–H groups in total. The van der Waals surface area contributed by atoms with Gasteiger partial charge in [-0.25, -0.2) is 9.67 Å². The van der Waals surface area contributed by atoms with E-state index in [1.165, 1.54) is 11.8 Å². The van der Waals surface area contributed by atoms with Crippen molar-refractivity contribution in [2.24, 2.45) is 0 Å². The number of amides is 1. The van der Waals surface area contributed by atoms with Crippen molar-refractivity contribution in [3.05, 3.63) is 46.4 Å². The minimum atomic E-state index is -0.225. The van der Waals surface area contributed by atoms with E-state index in [0.29, 0.717) is 28.5 Å². The number of nitrogens with one attached hydrogen (secondary N) is 1. The van der Waals surface area contributed by atoms with Gasteiger partial charge in [-0.1, -0.05) is 23.9 Å². The highest BCUT2D eigenvalue weighted by molar-refractivity contribution is 7.99. The maximum absolute atomic E-state index is 13.2. The number of nitrogens with zero attached hydrogens (tertiary/aromatic N) is 4. The van der Waals surface area contributed by atoms with E-state index >= 15 is 0 Å². The Balaban J connectivity index is 1.65. The zero-order valence-corrected chi connectivity index (χ0v) is 17.4. The predicted octanol–water partition coefficient (Wildman–Crippen LogP) is 2.08. The molecule has 0 radical (unpaired) electrons. The molecule has 8 nitrogen and oxygen atoms in total. The van der Waals surface area contributed by atoms with Crippen molar-refractivity contribution in [2.45, 2.75) is 37.5 Å². The lowest BCUT2D eigenvalue weighted by Crippen LogP contribution is -2.37. The summed E-state index contributed by atoms with van der Waals surface area (Å²) in [5.41, 5.74) is 2.35. The molecule has 9 heteroatoms. The number of aromatic nitrogens is 4. The molecule has 2 atom stereocenters. The molecule has 0 spiro atoms. The average Bonchev–Trinajstić information content (AvgIpc) is 3.27. The summed E-state index contributed by atoms with van der Waals surface area (Å²) in [6, 6.07) is 7.59. The third-order valence-electron chi connectivity index (χ3n) is 4.86. The summed E-state index contributed by atoms with van der Waals surface area (Å²) in [5, 5.41) is 8.37. The van der Waals surface area contributed by atoms with Crippen LogP contribution in [0.3, 0.4) is 0 Å². The molecule has 3 heterocycles. The van der Waals surface area contributed by atoms with Crippen molar-refractivity contribution in [3.63, 3.8) is 0 Å². The number of fused-ring (bicyclic) bond motifs is 2. The van der Waals surface area contributed by atoms with Gasteiger partial charge in [-0.2, -0.15) is 5.10 Å². The van der Waals surface area contributed by atoms with E-state index in [2.05, 4.69) is 10.4 Å². The van der Waals surface area contributed by atoms with Gasteiger partial charge in [0.1, 0.15) is 5.39 Å². The van der Waals surface area contributed by atoms with Gasteiger partial charge in [-0.15, -0.1) is 0 Å². The summed E-state index contributed by atoms with van der Waals surface area (Å²) in [4.78, 5) is 30.2. The van der Waals surface area contributed by atoms with E-state index in [-0.39, 0.29) is 30.0 Å². The summed E-state index contributed by atoms with van der Waals surface area (Å²) in [7, 11) is 1.60. The number of methoxy groups -OCH3 is 1. The van der Waals surface area contributed by atoms with Gasteiger partial charge in [0.15, 0.2) is 10.8 Å². The highest BCUT2D eigenvalue weighted by Crippen LogP contribution is 2.33. The Labute approximate surface area is 172 Å². The number of carbonyl (C=O) groups excluding carboxylic acids is 1. The first-order valence-corrected chi connectivity index (χ1v) is 10.4. The third-order valence-corrected chi connectivity index (χ3v) is 5.96. The van der Waals surface area contributed by atoms with Gasteiger partial charge in [-0.3, -0.25) is 14.2 Å². The van der Waals surface area contributed by atoms with Crippen LogP contribution >= 0.6 is 11.8 Å². The molecular formula is C20H23N5O3S. The Morgan fingerprint density at radius 1 is 1.45 bits per heavy atom. The lowest BCUT2D eigenvalue weighted by molar-refractivity contribution is -0.122. The number of benzene rings is 1. The van der Waals surface area contributed by atoms with Gasteiger partial charge in [0, 0.05) is 25.3 Å². The molecule has 0 aliphatic carbocycles. The number of carbonyl (C=O) groups is 1. The maximum atomic E-state index is 13.2. The van der Waals surface area contributed by atoms with Crippen LogP contribution in [0.5, 0.6) is 0 Å². The Morgan fingerprint density at radius 3 is 3.03 bits per heavy atom. The number of rotatable bonds is 6. The van der Waals surface area contributed by atoms with Gasteiger partial charge in [0.05, 0.1) is 24.5 Å². The van der Waals surface area contributed by atoms with Crippen LogP contribution in [0, 0.1) is 6.92 Å². The molecule has 0 saturated heterocycles. The summed E-state index contributed by atoms with van der Waals surface area (Å²) >= 11 is 1.49. The van der Waals surface area contributed by atoms with Crippen LogP contribution in [0.2, 0.25) is 0 Å². The number of ether oxygens (including phenoxy) is 1. The predicted molar refractivity (Wildman–Crippen MR) is 112 cm³/mol. The van der Waals surface area contributed by atoms with Crippen molar-refractivity contribution in [1.29, 1.82) is 0 Å². The Hall–Kier alpha value is -2.65. The van der Waals surface area contributed by atoms with E-state index in [1.54, 1.807) is 22.6 Å². The largest absolute Gasteiger partial charge is 0.383 e. The fourth-order valence-electron chi connectivity index (χ4n) is 3.57. The standard InChI is InChI=1S/C20H23N5O3S/c1-12-5-4-6-14(7-12)25-18-16(9-21-25)19(27)24-15(11-29-20(24)23-18)8-17(26)22-13(2)10-28-3/h4-7,9,13,15H,8,10-11H2,1-3H3,(H,22,26). The first-order valence-electron chi connectivity index (χ1n) is 9.46. The van der Waals surface area contributed by atoms with Crippen molar-refractivity contribution >= 4 is 28.7 Å². The van der Waals surface area contributed by atoms with E-state index in [1.807, 2.05) is 38.1 Å². The smallest absolute Gasteiger partial charge is 0.265 e. The Kier molecular flexibility index (Phi) is 5.42. The van der Waals surface area contributed by atoms with Crippen LogP contribution < -0.4 is 10.9 Å².